The molecule has 0 saturated heterocycles. The molecule has 0 aliphatic carbocycles. The molecule has 0 spiro atoms. The first-order valence-electron chi connectivity index (χ1n) is 8.86. The summed E-state index contributed by atoms with van der Waals surface area (Å²) in [6, 6.07) is 13.9. The predicted octanol–water partition coefficient (Wildman–Crippen LogP) is 4.58. The van der Waals surface area contributed by atoms with Gasteiger partial charge in [0.1, 0.15) is 5.75 Å². The highest BCUT2D eigenvalue weighted by Gasteiger charge is 2.24. The molecule has 1 N–H and O–H groups in total. The Bertz CT molecular complexity index is 973. The number of aromatic nitrogens is 2. The summed E-state index contributed by atoms with van der Waals surface area (Å²) in [4.78, 5) is 23.9. The van der Waals surface area contributed by atoms with E-state index in [9.17, 15) is 4.79 Å². The van der Waals surface area contributed by atoms with Crippen molar-refractivity contribution in [1.29, 1.82) is 0 Å². The second-order valence-electron chi connectivity index (χ2n) is 6.44. The van der Waals surface area contributed by atoms with E-state index in [0.717, 1.165) is 40.6 Å². The number of thioether (sulfide) groups is 2. The molecule has 0 saturated carbocycles. The Hall–Kier alpha value is -2.12. The lowest BCUT2D eigenvalue weighted by Crippen LogP contribution is -2.33. The van der Waals surface area contributed by atoms with E-state index in [1.54, 1.807) is 7.11 Å². The highest BCUT2D eigenvalue weighted by Crippen LogP contribution is 2.37. The SMILES string of the molecule is COc1ccc2nc(SCC(=O)N3CC[C@@H](C)Sc4ccccc43)[nH]c2c1. The number of nitrogens with one attached hydrogen (secondary N) is 1. The van der Waals surface area contributed by atoms with E-state index in [-0.39, 0.29) is 5.91 Å². The molecule has 4 rings (SSSR count). The van der Waals surface area contributed by atoms with Crippen LogP contribution in [0.25, 0.3) is 11.0 Å². The summed E-state index contributed by atoms with van der Waals surface area (Å²) in [5.41, 5.74) is 2.80. The molecule has 1 aliphatic heterocycles. The second-order valence-corrected chi connectivity index (χ2v) is 8.89. The lowest BCUT2D eigenvalue weighted by atomic mass is 10.2. The van der Waals surface area contributed by atoms with Gasteiger partial charge in [0.15, 0.2) is 5.16 Å². The minimum atomic E-state index is 0.111. The maximum Gasteiger partial charge on any atom is 0.237 e. The van der Waals surface area contributed by atoms with Crippen molar-refractivity contribution in [3.05, 3.63) is 42.5 Å². The van der Waals surface area contributed by atoms with Gasteiger partial charge in [0.05, 0.1) is 29.6 Å². The number of para-hydroxylation sites is 1. The molecular weight excluding hydrogens is 378 g/mol. The topological polar surface area (TPSA) is 58.2 Å². The summed E-state index contributed by atoms with van der Waals surface area (Å²) >= 11 is 3.28. The van der Waals surface area contributed by atoms with E-state index < -0.39 is 0 Å². The smallest absolute Gasteiger partial charge is 0.237 e. The van der Waals surface area contributed by atoms with Crippen LogP contribution in [0.5, 0.6) is 5.75 Å². The number of carbonyl (C=O) groups is 1. The summed E-state index contributed by atoms with van der Waals surface area (Å²) in [7, 11) is 1.64. The summed E-state index contributed by atoms with van der Waals surface area (Å²) < 4.78 is 5.25. The highest BCUT2D eigenvalue weighted by atomic mass is 32.2. The summed E-state index contributed by atoms with van der Waals surface area (Å²) in [6.45, 7) is 2.97. The molecule has 1 aliphatic rings. The van der Waals surface area contributed by atoms with Gasteiger partial charge in [0, 0.05) is 22.8 Å². The van der Waals surface area contributed by atoms with Gasteiger partial charge < -0.3 is 14.6 Å². The maximum atomic E-state index is 12.9. The fourth-order valence-electron chi connectivity index (χ4n) is 3.11. The van der Waals surface area contributed by atoms with Crippen molar-refractivity contribution in [2.45, 2.75) is 28.6 Å². The average Bonchev–Trinajstić information content (AvgIpc) is 3.01. The van der Waals surface area contributed by atoms with E-state index >= 15 is 0 Å². The molecule has 7 heteroatoms. The first-order chi connectivity index (χ1) is 13.1. The van der Waals surface area contributed by atoms with Gasteiger partial charge >= 0.3 is 0 Å². The highest BCUT2D eigenvalue weighted by molar-refractivity contribution is 8.00. The number of rotatable bonds is 4. The van der Waals surface area contributed by atoms with E-state index in [2.05, 4.69) is 23.0 Å². The number of benzene rings is 2. The molecule has 0 unspecified atom stereocenters. The van der Waals surface area contributed by atoms with Gasteiger partial charge in [-0.2, -0.15) is 0 Å². The lowest BCUT2D eigenvalue weighted by molar-refractivity contribution is -0.116. The Morgan fingerprint density at radius 3 is 3.07 bits per heavy atom. The van der Waals surface area contributed by atoms with Gasteiger partial charge in [0.2, 0.25) is 5.91 Å². The lowest BCUT2D eigenvalue weighted by Gasteiger charge is -2.22. The number of aromatic amines is 1. The molecule has 0 radical (unpaired) electrons. The minimum Gasteiger partial charge on any atom is -0.497 e. The first-order valence-corrected chi connectivity index (χ1v) is 10.7. The van der Waals surface area contributed by atoms with Gasteiger partial charge in [-0.3, -0.25) is 4.79 Å². The van der Waals surface area contributed by atoms with Crippen LogP contribution in [0.15, 0.2) is 52.5 Å². The second kappa shape index (κ2) is 7.86. The Balaban J connectivity index is 1.49. The van der Waals surface area contributed by atoms with Crippen molar-refractivity contribution < 1.29 is 9.53 Å². The number of carbonyl (C=O) groups excluding carboxylic acids is 1. The van der Waals surface area contributed by atoms with Crippen molar-refractivity contribution >= 4 is 46.2 Å². The van der Waals surface area contributed by atoms with Crippen molar-refractivity contribution in [3.63, 3.8) is 0 Å². The number of imidazole rings is 1. The Morgan fingerprint density at radius 2 is 2.22 bits per heavy atom. The molecule has 1 aromatic heterocycles. The van der Waals surface area contributed by atoms with E-state index in [4.69, 9.17) is 4.74 Å². The van der Waals surface area contributed by atoms with Crippen LogP contribution in [0.2, 0.25) is 0 Å². The fourth-order valence-corrected chi connectivity index (χ4v) is 4.99. The van der Waals surface area contributed by atoms with Crippen LogP contribution in [0.1, 0.15) is 13.3 Å². The standard InChI is InChI=1S/C20H21N3O2S2/c1-13-9-10-23(17-5-3-4-6-18(17)27-13)19(24)12-26-20-21-15-8-7-14(25-2)11-16(15)22-20/h3-8,11,13H,9-10,12H2,1-2H3,(H,21,22)/t13-/m1/s1. The fraction of sp³-hybridized carbons (Fsp3) is 0.300. The van der Waals surface area contributed by atoms with E-state index in [1.165, 1.54) is 16.7 Å². The number of amides is 1. The molecule has 3 aromatic rings. The Kier molecular flexibility index (Phi) is 5.31. The zero-order valence-electron chi connectivity index (χ0n) is 15.3. The van der Waals surface area contributed by atoms with Crippen molar-refractivity contribution in [3.8, 4) is 5.75 Å². The number of ether oxygens (including phenoxy) is 1. The van der Waals surface area contributed by atoms with Crippen LogP contribution >= 0.6 is 23.5 Å². The van der Waals surface area contributed by atoms with Crippen LogP contribution in [-0.4, -0.2) is 40.5 Å². The average molecular weight is 400 g/mol. The van der Waals surface area contributed by atoms with Crippen LogP contribution in [0.4, 0.5) is 5.69 Å². The van der Waals surface area contributed by atoms with Crippen LogP contribution in [0.3, 0.4) is 0 Å². The molecular formula is C20H21N3O2S2. The Morgan fingerprint density at radius 1 is 1.37 bits per heavy atom. The van der Waals surface area contributed by atoms with Gasteiger partial charge in [-0.25, -0.2) is 4.98 Å². The quantitative estimate of drug-likeness (QED) is 0.651. The number of H-pyrrole nitrogens is 1. The van der Waals surface area contributed by atoms with Gasteiger partial charge in [-0.1, -0.05) is 30.8 Å². The minimum absolute atomic E-state index is 0.111. The monoisotopic (exact) mass is 399 g/mol. The number of anilines is 1. The van der Waals surface area contributed by atoms with Gasteiger partial charge in [-0.05, 0) is 30.7 Å². The third-order valence-corrected chi connectivity index (χ3v) is 6.64. The van der Waals surface area contributed by atoms with Gasteiger partial charge in [0.25, 0.3) is 0 Å². The van der Waals surface area contributed by atoms with Crippen LogP contribution < -0.4 is 9.64 Å². The van der Waals surface area contributed by atoms with E-state index in [1.807, 2.05) is 53.1 Å². The number of fused-ring (bicyclic) bond motifs is 2. The summed E-state index contributed by atoms with van der Waals surface area (Å²) in [5.74, 6) is 1.25. The molecule has 2 heterocycles. The third-order valence-electron chi connectivity index (χ3n) is 4.54. The molecule has 0 fully saturated rings. The molecule has 2 aromatic carbocycles. The first kappa shape index (κ1) is 18.3. The summed E-state index contributed by atoms with van der Waals surface area (Å²) in [5, 5.41) is 1.25. The van der Waals surface area contributed by atoms with Crippen LogP contribution in [0, 0.1) is 0 Å². The zero-order valence-corrected chi connectivity index (χ0v) is 16.9. The van der Waals surface area contributed by atoms with Crippen molar-refractivity contribution in [1.82, 2.24) is 9.97 Å². The molecule has 0 bridgehead atoms. The Labute approximate surface area is 166 Å². The maximum absolute atomic E-state index is 12.9. The predicted molar refractivity (Wildman–Crippen MR) is 112 cm³/mol. The molecule has 27 heavy (non-hydrogen) atoms. The van der Waals surface area contributed by atoms with Crippen LogP contribution in [-0.2, 0) is 4.79 Å². The molecule has 1 amide bonds. The normalized spacial score (nSPS) is 16.8. The third kappa shape index (κ3) is 3.94. The number of hydrogen-bond donors (Lipinski definition) is 1. The number of nitrogens with zero attached hydrogens (tertiary/aromatic N) is 2. The zero-order chi connectivity index (χ0) is 18.8. The largest absolute Gasteiger partial charge is 0.497 e. The van der Waals surface area contributed by atoms with Gasteiger partial charge in [-0.15, -0.1) is 11.8 Å². The molecule has 5 nitrogen and oxygen atoms in total. The number of methoxy groups -OCH3 is 1. The van der Waals surface area contributed by atoms with E-state index in [0.29, 0.717) is 11.0 Å². The van der Waals surface area contributed by atoms with Crippen molar-refractivity contribution in [2.75, 3.05) is 24.3 Å². The van der Waals surface area contributed by atoms with Crippen molar-refractivity contribution in [2.24, 2.45) is 0 Å². The molecule has 1 atom stereocenters. The molecule has 140 valence electrons. The number of hydrogen-bond acceptors (Lipinski definition) is 5. The summed E-state index contributed by atoms with van der Waals surface area (Å²) in [6.07, 6.45) is 0.986.